The number of hydrogen-bond donors (Lipinski definition) is 1. The van der Waals surface area contributed by atoms with Gasteiger partial charge in [0.1, 0.15) is 0 Å². The third-order valence-corrected chi connectivity index (χ3v) is 3.10. The van der Waals surface area contributed by atoms with Gasteiger partial charge in [-0.15, -0.1) is 13.2 Å². The van der Waals surface area contributed by atoms with Crippen LogP contribution in [-0.2, 0) is 0 Å². The third kappa shape index (κ3) is 4.00. The van der Waals surface area contributed by atoms with E-state index in [-0.39, 0.29) is 0 Å². The first-order chi connectivity index (χ1) is 8.58. The number of nitrogens with zero attached hydrogens (tertiary/aromatic N) is 1. The molecule has 3 heteroatoms. The lowest BCUT2D eigenvalue weighted by molar-refractivity contribution is 0.522. The Labute approximate surface area is 115 Å². The van der Waals surface area contributed by atoms with Crippen LogP contribution in [0.1, 0.15) is 11.1 Å². The number of anilines is 1. The number of thiocarbonyl (C=S) groups is 1. The highest BCUT2D eigenvalue weighted by Crippen LogP contribution is 2.14. The van der Waals surface area contributed by atoms with Crippen LogP contribution in [0.25, 0.3) is 0 Å². The van der Waals surface area contributed by atoms with Gasteiger partial charge in [-0.25, -0.2) is 0 Å². The highest BCUT2D eigenvalue weighted by molar-refractivity contribution is 7.80. The second-order valence-corrected chi connectivity index (χ2v) is 4.60. The van der Waals surface area contributed by atoms with Gasteiger partial charge in [-0.3, -0.25) is 0 Å². The molecular weight excluding hydrogens is 240 g/mol. The minimum Gasteiger partial charge on any atom is -0.342 e. The predicted molar refractivity (Wildman–Crippen MR) is 84.1 cm³/mol. The second-order valence-electron chi connectivity index (χ2n) is 4.21. The zero-order valence-electron chi connectivity index (χ0n) is 11.1. The molecule has 0 saturated heterocycles. The lowest BCUT2D eigenvalue weighted by Crippen LogP contribution is -2.34. The Morgan fingerprint density at radius 1 is 1.22 bits per heavy atom. The van der Waals surface area contributed by atoms with Crippen LogP contribution in [0.5, 0.6) is 0 Å². The van der Waals surface area contributed by atoms with E-state index in [4.69, 9.17) is 12.2 Å². The Balaban J connectivity index is 2.75. The van der Waals surface area contributed by atoms with Crippen molar-refractivity contribution in [3.05, 3.63) is 54.6 Å². The molecule has 0 amide bonds. The molecule has 2 nitrogen and oxygen atoms in total. The Morgan fingerprint density at radius 2 is 1.83 bits per heavy atom. The molecule has 0 spiro atoms. The van der Waals surface area contributed by atoms with E-state index in [0.29, 0.717) is 18.2 Å². The maximum absolute atomic E-state index is 5.38. The van der Waals surface area contributed by atoms with Crippen LogP contribution in [0.3, 0.4) is 0 Å². The predicted octanol–water partition coefficient (Wildman–Crippen LogP) is 3.67. The Kier molecular flexibility index (Phi) is 5.59. The first-order valence-corrected chi connectivity index (χ1v) is 6.34. The quantitative estimate of drug-likeness (QED) is 0.642. The van der Waals surface area contributed by atoms with E-state index < -0.39 is 0 Å². The number of hydrogen-bond acceptors (Lipinski definition) is 1. The smallest absolute Gasteiger partial charge is 0.173 e. The van der Waals surface area contributed by atoms with Crippen LogP contribution in [0.15, 0.2) is 43.5 Å². The number of benzene rings is 1. The molecule has 0 aliphatic carbocycles. The van der Waals surface area contributed by atoms with Crippen LogP contribution in [0, 0.1) is 13.8 Å². The molecule has 0 aliphatic heterocycles. The topological polar surface area (TPSA) is 15.3 Å². The normalized spacial score (nSPS) is 9.67. The van der Waals surface area contributed by atoms with Crippen molar-refractivity contribution < 1.29 is 0 Å². The first-order valence-electron chi connectivity index (χ1n) is 5.93. The summed E-state index contributed by atoms with van der Waals surface area (Å²) < 4.78 is 0. The van der Waals surface area contributed by atoms with Crippen molar-refractivity contribution in [3.63, 3.8) is 0 Å². The van der Waals surface area contributed by atoms with Crippen LogP contribution < -0.4 is 5.32 Å². The molecule has 0 radical (unpaired) electrons. The summed E-state index contributed by atoms with van der Waals surface area (Å²) in [5, 5.41) is 3.93. The molecule has 0 atom stereocenters. The molecule has 0 fully saturated rings. The molecule has 0 saturated carbocycles. The molecule has 1 N–H and O–H groups in total. The summed E-state index contributed by atoms with van der Waals surface area (Å²) in [5.74, 6) is 0. The van der Waals surface area contributed by atoms with Crippen molar-refractivity contribution in [2.75, 3.05) is 18.4 Å². The molecule has 0 aliphatic rings. The van der Waals surface area contributed by atoms with Gasteiger partial charge in [0, 0.05) is 18.8 Å². The fourth-order valence-electron chi connectivity index (χ4n) is 1.57. The van der Waals surface area contributed by atoms with E-state index in [1.165, 1.54) is 11.1 Å². The van der Waals surface area contributed by atoms with Gasteiger partial charge in [0.15, 0.2) is 5.11 Å². The van der Waals surface area contributed by atoms with Crippen molar-refractivity contribution in [1.29, 1.82) is 0 Å². The Morgan fingerprint density at radius 3 is 2.33 bits per heavy atom. The van der Waals surface area contributed by atoms with E-state index in [0.717, 1.165) is 5.69 Å². The lowest BCUT2D eigenvalue weighted by Gasteiger charge is -2.23. The van der Waals surface area contributed by atoms with E-state index in [2.05, 4.69) is 44.5 Å². The number of rotatable bonds is 5. The first kappa shape index (κ1) is 14.5. The minimum absolute atomic E-state index is 0.693. The summed E-state index contributed by atoms with van der Waals surface area (Å²) in [6, 6.07) is 6.22. The summed E-state index contributed by atoms with van der Waals surface area (Å²) in [6.45, 7) is 13.1. The average molecular weight is 260 g/mol. The Hall–Kier alpha value is -1.61. The molecule has 1 rings (SSSR count). The maximum Gasteiger partial charge on any atom is 0.173 e. The fourth-order valence-corrected chi connectivity index (χ4v) is 1.84. The van der Waals surface area contributed by atoms with Crippen LogP contribution >= 0.6 is 12.2 Å². The van der Waals surface area contributed by atoms with Crippen molar-refractivity contribution >= 4 is 23.0 Å². The summed E-state index contributed by atoms with van der Waals surface area (Å²) in [7, 11) is 0. The van der Waals surface area contributed by atoms with E-state index >= 15 is 0 Å². The van der Waals surface area contributed by atoms with Gasteiger partial charge in [0.05, 0.1) is 0 Å². The second kappa shape index (κ2) is 6.97. The summed E-state index contributed by atoms with van der Waals surface area (Å²) in [4.78, 5) is 2.00. The fraction of sp³-hybridized carbons (Fsp3) is 0.267. The van der Waals surface area contributed by atoms with Crippen molar-refractivity contribution in [2.24, 2.45) is 0 Å². The number of nitrogens with one attached hydrogen (secondary N) is 1. The Bertz CT molecular complexity index is 442. The van der Waals surface area contributed by atoms with Crippen LogP contribution in [0.2, 0.25) is 0 Å². The highest BCUT2D eigenvalue weighted by Gasteiger charge is 2.06. The minimum atomic E-state index is 0.693. The molecule has 96 valence electrons. The molecule has 0 bridgehead atoms. The van der Waals surface area contributed by atoms with E-state index in [1.807, 2.05) is 23.1 Å². The molecule has 0 aromatic heterocycles. The van der Waals surface area contributed by atoms with Gasteiger partial charge in [-0.2, -0.15) is 0 Å². The van der Waals surface area contributed by atoms with Crippen molar-refractivity contribution in [1.82, 2.24) is 4.90 Å². The molecule has 1 aromatic carbocycles. The summed E-state index contributed by atoms with van der Waals surface area (Å²) in [6.07, 6.45) is 3.66. The largest absolute Gasteiger partial charge is 0.342 e. The third-order valence-electron chi connectivity index (χ3n) is 2.74. The molecule has 0 unspecified atom stereocenters. The van der Waals surface area contributed by atoms with Gasteiger partial charge in [0.25, 0.3) is 0 Å². The summed E-state index contributed by atoms with van der Waals surface area (Å²) >= 11 is 5.38. The van der Waals surface area contributed by atoms with Gasteiger partial charge >= 0.3 is 0 Å². The number of aryl methyl sites for hydroxylation is 2. The van der Waals surface area contributed by atoms with Crippen molar-refractivity contribution in [3.8, 4) is 0 Å². The SMILES string of the molecule is C=CCN(CC=C)C(=S)Nc1ccc(C)c(C)c1. The molecular formula is C15H20N2S. The standard InChI is InChI=1S/C15H20N2S/c1-5-9-17(10-6-2)15(18)16-14-8-7-12(3)13(4)11-14/h5-8,11H,1-2,9-10H2,3-4H3,(H,16,18). The zero-order chi connectivity index (χ0) is 13.5. The highest BCUT2D eigenvalue weighted by atomic mass is 32.1. The zero-order valence-corrected chi connectivity index (χ0v) is 11.9. The van der Waals surface area contributed by atoms with Crippen LogP contribution in [0.4, 0.5) is 5.69 Å². The van der Waals surface area contributed by atoms with Crippen molar-refractivity contribution in [2.45, 2.75) is 13.8 Å². The monoisotopic (exact) mass is 260 g/mol. The van der Waals surface area contributed by atoms with Gasteiger partial charge in [-0.05, 0) is 49.3 Å². The molecule has 1 aromatic rings. The van der Waals surface area contributed by atoms with Gasteiger partial charge in [0.2, 0.25) is 0 Å². The van der Waals surface area contributed by atoms with Gasteiger partial charge in [-0.1, -0.05) is 18.2 Å². The summed E-state index contributed by atoms with van der Waals surface area (Å²) in [5.41, 5.74) is 3.54. The van der Waals surface area contributed by atoms with Crippen LogP contribution in [-0.4, -0.2) is 23.1 Å². The average Bonchev–Trinajstić information content (AvgIpc) is 2.33. The van der Waals surface area contributed by atoms with E-state index in [1.54, 1.807) is 0 Å². The van der Waals surface area contributed by atoms with Gasteiger partial charge < -0.3 is 10.2 Å². The lowest BCUT2D eigenvalue weighted by atomic mass is 10.1. The van der Waals surface area contributed by atoms with E-state index in [9.17, 15) is 0 Å². The maximum atomic E-state index is 5.38. The molecule has 0 heterocycles. The molecule has 18 heavy (non-hydrogen) atoms.